The first-order valence-corrected chi connectivity index (χ1v) is 7.62. The lowest BCUT2D eigenvalue weighted by molar-refractivity contribution is 0.116. The molecule has 100 valence electrons. The Hall–Kier alpha value is -1.06. The van der Waals surface area contributed by atoms with E-state index in [4.69, 9.17) is 0 Å². The number of hydrogen-bond acceptors (Lipinski definition) is 6. The van der Waals surface area contributed by atoms with Gasteiger partial charge in [0.05, 0.1) is 10.8 Å². The molecule has 2 atom stereocenters. The monoisotopic (exact) mass is 290 g/mol. The first-order chi connectivity index (χ1) is 8.54. The number of aromatic nitrogens is 2. The number of aliphatic hydroxyl groups excluding tert-OH is 1. The zero-order valence-electron chi connectivity index (χ0n) is 10.1. The number of anilines is 1. The van der Waals surface area contributed by atoms with Crippen LogP contribution in [0.15, 0.2) is 4.34 Å². The Kier molecular flexibility index (Phi) is 3.93. The summed E-state index contributed by atoms with van der Waals surface area (Å²) in [6, 6.07) is -0.321. The Morgan fingerprint density at radius 2 is 2.28 bits per heavy atom. The fourth-order valence-electron chi connectivity index (χ4n) is 1.57. The van der Waals surface area contributed by atoms with Crippen molar-refractivity contribution in [1.29, 1.82) is 0 Å². The number of hydrogen-bond donors (Lipinski definition) is 1. The lowest BCUT2D eigenvalue weighted by Gasteiger charge is -2.35. The molecule has 0 spiro atoms. The van der Waals surface area contributed by atoms with E-state index >= 15 is 0 Å². The van der Waals surface area contributed by atoms with Gasteiger partial charge < -0.3 is 10.0 Å². The minimum atomic E-state index is -1.19. The summed E-state index contributed by atoms with van der Waals surface area (Å²) in [6.45, 7) is 2.29. The second kappa shape index (κ2) is 5.29. The van der Waals surface area contributed by atoms with Crippen molar-refractivity contribution in [3.63, 3.8) is 0 Å². The van der Waals surface area contributed by atoms with E-state index < -0.39 is 17.0 Å². The summed E-state index contributed by atoms with van der Waals surface area (Å²) in [5.41, 5.74) is 0. The third-order valence-corrected chi connectivity index (χ3v) is 5.13. The molecule has 0 saturated carbocycles. The van der Waals surface area contributed by atoms with Crippen molar-refractivity contribution in [2.24, 2.45) is 0 Å². The van der Waals surface area contributed by atoms with Crippen molar-refractivity contribution in [1.82, 2.24) is 15.1 Å². The molecule has 2 heterocycles. The third kappa shape index (κ3) is 2.38. The average molecular weight is 290 g/mol. The van der Waals surface area contributed by atoms with Crippen LogP contribution < -0.4 is 4.90 Å². The van der Waals surface area contributed by atoms with Crippen molar-refractivity contribution in [2.75, 3.05) is 24.2 Å². The first-order valence-electron chi connectivity index (χ1n) is 5.49. The predicted octanol–water partition coefficient (Wildman–Crippen LogP) is 0.246. The molecule has 1 N–H and O–H groups in total. The van der Waals surface area contributed by atoms with Crippen LogP contribution in [-0.4, -0.2) is 56.0 Å². The molecule has 1 saturated heterocycles. The van der Waals surface area contributed by atoms with Crippen molar-refractivity contribution < 1.29 is 14.1 Å². The Labute approximate surface area is 111 Å². The van der Waals surface area contributed by atoms with Gasteiger partial charge >= 0.3 is 6.03 Å². The lowest BCUT2D eigenvalue weighted by Crippen LogP contribution is -2.53. The molecular weight excluding hydrogens is 276 g/mol. The van der Waals surface area contributed by atoms with Gasteiger partial charge in [0.2, 0.25) is 9.47 Å². The molecule has 0 bridgehead atoms. The van der Waals surface area contributed by atoms with Gasteiger partial charge in [-0.1, -0.05) is 18.3 Å². The predicted molar refractivity (Wildman–Crippen MR) is 68.0 cm³/mol. The van der Waals surface area contributed by atoms with Crippen molar-refractivity contribution >= 4 is 33.3 Å². The highest BCUT2D eigenvalue weighted by Crippen LogP contribution is 2.27. The number of rotatable bonds is 3. The molecule has 1 fully saturated rings. The molecule has 2 rings (SSSR count). The Morgan fingerprint density at radius 3 is 2.94 bits per heavy atom. The van der Waals surface area contributed by atoms with Crippen LogP contribution in [0.1, 0.15) is 13.3 Å². The summed E-state index contributed by atoms with van der Waals surface area (Å²) in [5.74, 6) is 0.449. The maximum atomic E-state index is 11.9. The molecule has 1 aliphatic heterocycles. The Bertz CT molecular complexity index is 478. The highest BCUT2D eigenvalue weighted by Gasteiger charge is 2.33. The van der Waals surface area contributed by atoms with Crippen LogP contribution in [0.3, 0.4) is 0 Å². The summed E-state index contributed by atoms with van der Waals surface area (Å²) in [6.07, 6.45) is -0.446. The smallest absolute Gasteiger partial charge is 0.328 e. The van der Waals surface area contributed by atoms with Crippen molar-refractivity contribution in [2.45, 2.75) is 23.9 Å². The van der Waals surface area contributed by atoms with Crippen LogP contribution in [0.4, 0.5) is 9.93 Å². The van der Waals surface area contributed by atoms with Crippen LogP contribution >= 0.6 is 11.3 Å². The maximum Gasteiger partial charge on any atom is 0.328 e. The van der Waals surface area contributed by atoms with Crippen LogP contribution in [0.25, 0.3) is 0 Å². The molecule has 9 heteroatoms. The molecule has 0 aromatic carbocycles. The number of carbonyl (C=O) groups is 1. The van der Waals surface area contributed by atoms with E-state index in [9.17, 15) is 14.1 Å². The molecule has 1 aromatic heterocycles. The zero-order valence-corrected chi connectivity index (χ0v) is 11.7. The zero-order chi connectivity index (χ0) is 13.3. The molecule has 18 heavy (non-hydrogen) atoms. The lowest BCUT2D eigenvalue weighted by atomic mass is 10.3. The van der Waals surface area contributed by atoms with Gasteiger partial charge in [-0.25, -0.2) is 9.69 Å². The molecule has 2 amide bonds. The molecule has 0 aliphatic carbocycles. The second-order valence-corrected chi connectivity index (χ2v) is 6.70. The van der Waals surface area contributed by atoms with Crippen molar-refractivity contribution in [3.05, 3.63) is 0 Å². The number of aliphatic hydroxyl groups is 1. The molecule has 0 radical (unpaired) electrons. The van der Waals surface area contributed by atoms with E-state index in [1.165, 1.54) is 9.80 Å². The molecule has 1 aromatic rings. The number of amides is 2. The largest absolute Gasteiger partial charge is 0.373 e. The Balaban J connectivity index is 2.26. The number of nitrogens with zero attached hydrogens (tertiary/aromatic N) is 4. The van der Waals surface area contributed by atoms with Crippen LogP contribution in [0.5, 0.6) is 0 Å². The van der Waals surface area contributed by atoms with E-state index in [2.05, 4.69) is 10.2 Å². The highest BCUT2D eigenvalue weighted by molar-refractivity contribution is 7.87. The summed E-state index contributed by atoms with van der Waals surface area (Å²) < 4.78 is 12.0. The third-order valence-electron chi connectivity index (χ3n) is 2.61. The van der Waals surface area contributed by atoms with Crippen LogP contribution in [-0.2, 0) is 10.8 Å². The molecular formula is C9H14N4O3S2. The van der Waals surface area contributed by atoms with Gasteiger partial charge in [0, 0.05) is 25.8 Å². The van der Waals surface area contributed by atoms with Gasteiger partial charge in [0.25, 0.3) is 0 Å². The Morgan fingerprint density at radius 1 is 1.56 bits per heavy atom. The topological polar surface area (TPSA) is 86.6 Å². The standard InChI is InChI=1S/C9H14N4O3S2/c1-3-18(16)8-11-10-7(17-8)13-6(14)4-5-12(2)9(13)15/h6,14H,3-5H2,1-2H3. The van der Waals surface area contributed by atoms with E-state index in [1.54, 1.807) is 14.0 Å². The van der Waals surface area contributed by atoms with Gasteiger partial charge in [-0.05, 0) is 0 Å². The van der Waals surface area contributed by atoms with E-state index in [-0.39, 0.29) is 11.2 Å². The van der Waals surface area contributed by atoms with Gasteiger partial charge in [0.1, 0.15) is 6.23 Å². The van der Waals surface area contributed by atoms with Gasteiger partial charge in [-0.2, -0.15) is 0 Å². The fourth-order valence-corrected chi connectivity index (χ4v) is 3.52. The van der Waals surface area contributed by atoms with Gasteiger partial charge in [-0.15, -0.1) is 10.2 Å². The minimum absolute atomic E-state index is 0.288. The molecule has 1 aliphatic rings. The van der Waals surface area contributed by atoms with Gasteiger partial charge in [-0.3, -0.25) is 4.21 Å². The van der Waals surface area contributed by atoms with Crippen LogP contribution in [0.2, 0.25) is 0 Å². The fraction of sp³-hybridized carbons (Fsp3) is 0.667. The quantitative estimate of drug-likeness (QED) is 0.806. The summed E-state index contributed by atoms with van der Waals surface area (Å²) >= 11 is 1.08. The van der Waals surface area contributed by atoms with Crippen molar-refractivity contribution in [3.8, 4) is 0 Å². The maximum absolute atomic E-state index is 11.9. The van der Waals surface area contributed by atoms with E-state index in [1.807, 2.05) is 0 Å². The van der Waals surface area contributed by atoms with Crippen LogP contribution in [0, 0.1) is 0 Å². The SMILES string of the molecule is CCS(=O)c1nnc(N2C(=O)N(C)CCC2O)s1. The normalized spacial score (nSPS) is 22.4. The van der Waals surface area contributed by atoms with Gasteiger partial charge in [0.15, 0.2) is 0 Å². The summed E-state index contributed by atoms with van der Waals surface area (Å²) in [7, 11) is 0.467. The highest BCUT2D eigenvalue weighted by atomic mass is 32.2. The minimum Gasteiger partial charge on any atom is -0.373 e. The average Bonchev–Trinajstić information content (AvgIpc) is 2.83. The van der Waals surface area contributed by atoms with E-state index in [0.717, 1.165) is 11.3 Å². The number of urea groups is 1. The number of carbonyl (C=O) groups excluding carboxylic acids is 1. The van der Waals surface area contributed by atoms with E-state index in [0.29, 0.717) is 23.1 Å². The first kappa shape index (κ1) is 13.4. The summed E-state index contributed by atoms with van der Waals surface area (Å²) in [5, 5.41) is 17.8. The second-order valence-electron chi connectivity index (χ2n) is 3.83. The summed E-state index contributed by atoms with van der Waals surface area (Å²) in [4.78, 5) is 14.6. The molecule has 7 nitrogen and oxygen atoms in total. The molecule has 2 unspecified atom stereocenters.